The molecule has 0 bridgehead atoms. The summed E-state index contributed by atoms with van der Waals surface area (Å²) < 4.78 is 26.8. The van der Waals surface area contributed by atoms with Gasteiger partial charge in [-0.25, -0.2) is 18.4 Å². The number of benzene rings is 1. The number of thiophene rings is 1. The van der Waals surface area contributed by atoms with Crippen LogP contribution in [0.2, 0.25) is 0 Å². The summed E-state index contributed by atoms with van der Waals surface area (Å²) in [5.41, 5.74) is 1.30. The third-order valence-corrected chi connectivity index (χ3v) is 8.51. The molecule has 2 atom stereocenters. The van der Waals surface area contributed by atoms with Crippen LogP contribution < -0.4 is 20.3 Å². The normalized spacial score (nSPS) is 16.8. The molecule has 1 aliphatic rings. The molecular formula is C23H26N6O5S2. The number of carboxylic acids is 1. The van der Waals surface area contributed by atoms with Gasteiger partial charge in [0.25, 0.3) is 15.9 Å². The Morgan fingerprint density at radius 2 is 1.89 bits per heavy atom. The molecule has 11 nitrogen and oxygen atoms in total. The molecule has 1 amide bonds. The van der Waals surface area contributed by atoms with E-state index in [2.05, 4.69) is 30.2 Å². The molecule has 190 valence electrons. The van der Waals surface area contributed by atoms with Gasteiger partial charge in [-0.2, -0.15) is 4.72 Å². The Labute approximate surface area is 212 Å². The highest BCUT2D eigenvalue weighted by atomic mass is 32.2. The van der Waals surface area contributed by atoms with E-state index in [1.165, 1.54) is 6.07 Å². The summed E-state index contributed by atoms with van der Waals surface area (Å²) in [4.78, 5) is 34.8. The van der Waals surface area contributed by atoms with Crippen molar-refractivity contribution in [1.82, 2.24) is 20.0 Å². The lowest BCUT2D eigenvalue weighted by molar-refractivity contribution is -0.138. The van der Waals surface area contributed by atoms with E-state index in [0.29, 0.717) is 11.5 Å². The fraction of sp³-hybridized carbons (Fsp3) is 0.304. The molecule has 4 rings (SSSR count). The summed E-state index contributed by atoms with van der Waals surface area (Å²) in [6.45, 7) is 1.24. The van der Waals surface area contributed by atoms with Crippen molar-refractivity contribution >= 4 is 44.9 Å². The Morgan fingerprint density at radius 3 is 2.56 bits per heavy atom. The van der Waals surface area contributed by atoms with Crippen LogP contribution in [0.3, 0.4) is 0 Å². The van der Waals surface area contributed by atoms with E-state index in [1.807, 2.05) is 12.1 Å². The van der Waals surface area contributed by atoms with Crippen LogP contribution in [0.15, 0.2) is 64.4 Å². The Kier molecular flexibility index (Phi) is 8.13. The molecule has 13 heteroatoms. The zero-order chi connectivity index (χ0) is 25.5. The topological polar surface area (TPSA) is 154 Å². The number of carbonyl (C=O) groups excluding carboxylic acids is 1. The van der Waals surface area contributed by atoms with Crippen LogP contribution in [0, 0.1) is 0 Å². The van der Waals surface area contributed by atoms with Crippen molar-refractivity contribution in [3.63, 3.8) is 0 Å². The number of hydrogen-bond acceptors (Lipinski definition) is 9. The quantitative estimate of drug-likeness (QED) is 0.307. The van der Waals surface area contributed by atoms with Crippen LogP contribution in [0.4, 0.5) is 11.6 Å². The van der Waals surface area contributed by atoms with Crippen molar-refractivity contribution in [3.8, 4) is 0 Å². The molecule has 1 saturated heterocycles. The van der Waals surface area contributed by atoms with E-state index in [4.69, 9.17) is 0 Å². The van der Waals surface area contributed by atoms with E-state index in [-0.39, 0.29) is 10.3 Å². The van der Waals surface area contributed by atoms with Gasteiger partial charge in [-0.15, -0.1) is 11.3 Å². The maximum absolute atomic E-state index is 12.6. The minimum atomic E-state index is -4.00. The van der Waals surface area contributed by atoms with Crippen LogP contribution in [0.25, 0.3) is 0 Å². The second-order valence-electron chi connectivity index (χ2n) is 8.20. The standard InChI is InChI=1S/C23H26N6O5S2/c30-21(26-14-19(22(31)32)28-36(33,34)20-5-2-13-35-20)16-6-8-18(9-7-16)29-12-1-4-17(15-29)27-23-24-10-3-11-25-23/h2-3,5-11,13,17,19,28H,1,4,12,14-15H2,(H,26,30)(H,31,32)(H,24,25,27). The van der Waals surface area contributed by atoms with Crippen molar-refractivity contribution in [1.29, 1.82) is 0 Å². The molecule has 36 heavy (non-hydrogen) atoms. The van der Waals surface area contributed by atoms with Gasteiger partial charge in [-0.05, 0) is 54.6 Å². The highest BCUT2D eigenvalue weighted by Gasteiger charge is 2.27. The van der Waals surface area contributed by atoms with Crippen molar-refractivity contribution < 1.29 is 23.1 Å². The summed E-state index contributed by atoms with van der Waals surface area (Å²) in [5.74, 6) is -1.30. The molecule has 0 aliphatic carbocycles. The molecule has 3 aromatic rings. The van der Waals surface area contributed by atoms with Crippen molar-refractivity contribution in [2.24, 2.45) is 0 Å². The van der Waals surface area contributed by atoms with Gasteiger partial charge in [0.05, 0.1) is 0 Å². The van der Waals surface area contributed by atoms with E-state index >= 15 is 0 Å². The zero-order valence-corrected chi connectivity index (χ0v) is 20.8. The molecule has 2 aromatic heterocycles. The number of amides is 1. The number of aromatic nitrogens is 2. The number of aliphatic carboxylic acids is 1. The Hall–Kier alpha value is -3.55. The number of hydrogen-bond donors (Lipinski definition) is 4. The molecule has 1 fully saturated rings. The highest BCUT2D eigenvalue weighted by molar-refractivity contribution is 7.91. The first-order valence-electron chi connectivity index (χ1n) is 11.3. The Bertz CT molecular complexity index is 1270. The van der Waals surface area contributed by atoms with Crippen LogP contribution in [-0.2, 0) is 14.8 Å². The number of sulfonamides is 1. The number of piperidine rings is 1. The third-order valence-electron chi connectivity index (χ3n) is 5.64. The lowest BCUT2D eigenvalue weighted by Crippen LogP contribution is -2.48. The lowest BCUT2D eigenvalue weighted by atomic mass is 10.0. The van der Waals surface area contributed by atoms with Gasteiger partial charge in [-0.1, -0.05) is 6.07 Å². The number of rotatable bonds is 10. The number of carboxylic acid groups (broad SMARTS) is 1. The molecule has 0 saturated carbocycles. The van der Waals surface area contributed by atoms with E-state index in [0.717, 1.165) is 43.0 Å². The second-order valence-corrected chi connectivity index (χ2v) is 11.1. The van der Waals surface area contributed by atoms with Crippen LogP contribution in [0.1, 0.15) is 23.2 Å². The second kappa shape index (κ2) is 11.5. The summed E-state index contributed by atoms with van der Waals surface area (Å²) in [6.07, 6.45) is 5.37. The average molecular weight is 531 g/mol. The maximum atomic E-state index is 12.6. The number of nitrogens with one attached hydrogen (secondary N) is 3. The first-order valence-corrected chi connectivity index (χ1v) is 13.6. The minimum Gasteiger partial charge on any atom is -0.480 e. The summed E-state index contributed by atoms with van der Waals surface area (Å²) in [6, 6.07) is 10.4. The van der Waals surface area contributed by atoms with Crippen molar-refractivity contribution in [2.75, 3.05) is 29.9 Å². The molecular weight excluding hydrogens is 504 g/mol. The van der Waals surface area contributed by atoms with E-state index in [1.54, 1.807) is 42.0 Å². The van der Waals surface area contributed by atoms with Crippen LogP contribution in [-0.4, -0.2) is 67.1 Å². The smallest absolute Gasteiger partial charge is 0.323 e. The molecule has 1 aromatic carbocycles. The summed E-state index contributed by atoms with van der Waals surface area (Å²) in [7, 11) is -4.00. The largest absolute Gasteiger partial charge is 0.480 e. The number of anilines is 2. The molecule has 3 heterocycles. The van der Waals surface area contributed by atoms with Gasteiger partial charge in [0.1, 0.15) is 10.3 Å². The monoisotopic (exact) mass is 530 g/mol. The highest BCUT2D eigenvalue weighted by Crippen LogP contribution is 2.22. The predicted octanol–water partition coefficient (Wildman–Crippen LogP) is 1.78. The van der Waals surface area contributed by atoms with Gasteiger partial charge in [0.2, 0.25) is 5.95 Å². The first kappa shape index (κ1) is 25.5. The zero-order valence-electron chi connectivity index (χ0n) is 19.2. The fourth-order valence-electron chi connectivity index (χ4n) is 3.85. The average Bonchev–Trinajstić information content (AvgIpc) is 3.43. The van der Waals surface area contributed by atoms with E-state index in [9.17, 15) is 23.1 Å². The van der Waals surface area contributed by atoms with Crippen molar-refractivity contribution in [3.05, 3.63) is 65.8 Å². The molecule has 0 radical (unpaired) electrons. The minimum absolute atomic E-state index is 0.00196. The Balaban J connectivity index is 1.33. The third kappa shape index (κ3) is 6.56. The van der Waals surface area contributed by atoms with Gasteiger partial charge in [-0.3, -0.25) is 9.59 Å². The summed E-state index contributed by atoms with van der Waals surface area (Å²) in [5, 5.41) is 16.8. The maximum Gasteiger partial charge on any atom is 0.323 e. The van der Waals surface area contributed by atoms with Gasteiger partial charge in [0, 0.05) is 49.3 Å². The van der Waals surface area contributed by atoms with Crippen LogP contribution >= 0.6 is 11.3 Å². The lowest BCUT2D eigenvalue weighted by Gasteiger charge is -2.34. The van der Waals surface area contributed by atoms with Gasteiger partial charge >= 0.3 is 5.97 Å². The van der Waals surface area contributed by atoms with Gasteiger partial charge in [0.15, 0.2) is 0 Å². The van der Waals surface area contributed by atoms with Gasteiger partial charge < -0.3 is 20.6 Å². The number of nitrogens with zero attached hydrogens (tertiary/aromatic N) is 3. The molecule has 0 spiro atoms. The number of carbonyl (C=O) groups is 2. The molecule has 4 N–H and O–H groups in total. The van der Waals surface area contributed by atoms with E-state index < -0.39 is 34.5 Å². The predicted molar refractivity (Wildman–Crippen MR) is 136 cm³/mol. The fourth-order valence-corrected chi connectivity index (χ4v) is 6.05. The van der Waals surface area contributed by atoms with Crippen LogP contribution in [0.5, 0.6) is 0 Å². The first-order chi connectivity index (χ1) is 17.3. The Morgan fingerprint density at radius 1 is 1.14 bits per heavy atom. The van der Waals surface area contributed by atoms with Crippen molar-refractivity contribution in [2.45, 2.75) is 29.1 Å². The molecule has 2 unspecified atom stereocenters. The SMILES string of the molecule is O=C(NCC(NS(=O)(=O)c1cccs1)C(=O)O)c1ccc(N2CCCC(Nc3ncccn3)C2)cc1. The molecule has 1 aliphatic heterocycles. The summed E-state index contributed by atoms with van der Waals surface area (Å²) >= 11 is 0.973.